The van der Waals surface area contributed by atoms with Crippen molar-refractivity contribution in [2.45, 2.75) is 12.3 Å². The number of nitrogens with one attached hydrogen (secondary N) is 1. The fourth-order valence-electron chi connectivity index (χ4n) is 3.05. The summed E-state index contributed by atoms with van der Waals surface area (Å²) in [7, 11) is 0. The number of phenols is 1. The Morgan fingerprint density at radius 2 is 2.04 bits per heavy atom. The zero-order valence-electron chi connectivity index (χ0n) is 12.6. The van der Waals surface area contributed by atoms with Gasteiger partial charge in [-0.15, -0.1) is 0 Å². The third-order valence-electron chi connectivity index (χ3n) is 4.13. The number of anilines is 1. The number of nitrogens with zero attached hydrogens (tertiary/aromatic N) is 2. The number of fused-ring (bicyclic) bond motifs is 1. The molecule has 24 heavy (non-hydrogen) atoms. The highest BCUT2D eigenvalue weighted by Crippen LogP contribution is 2.38. The van der Waals surface area contributed by atoms with Crippen molar-refractivity contribution in [3.8, 4) is 11.4 Å². The van der Waals surface area contributed by atoms with Crippen LogP contribution >= 0.6 is 11.6 Å². The number of carbonyl (C=O) groups excluding carboxylic acids is 1. The molecule has 1 aromatic heterocycles. The molecule has 1 aliphatic heterocycles. The van der Waals surface area contributed by atoms with Gasteiger partial charge in [0.25, 0.3) is 0 Å². The number of aromatic nitrogens is 2. The summed E-state index contributed by atoms with van der Waals surface area (Å²) in [6.45, 7) is 0. The van der Waals surface area contributed by atoms with Gasteiger partial charge in [0.1, 0.15) is 17.9 Å². The highest BCUT2D eigenvalue weighted by molar-refractivity contribution is 6.30. The van der Waals surface area contributed by atoms with E-state index >= 15 is 0 Å². The predicted molar refractivity (Wildman–Crippen MR) is 91.8 cm³/mol. The summed E-state index contributed by atoms with van der Waals surface area (Å²) in [5.74, 6) is 0.539. The fraction of sp³-hybridized carbons (Fsp3) is 0.111. The zero-order chi connectivity index (χ0) is 16.7. The molecule has 1 amide bonds. The number of rotatable bonds is 2. The van der Waals surface area contributed by atoms with Crippen LogP contribution < -0.4 is 5.32 Å². The van der Waals surface area contributed by atoms with Crippen LogP contribution in [0.5, 0.6) is 5.75 Å². The van der Waals surface area contributed by atoms with Gasteiger partial charge in [-0.1, -0.05) is 29.8 Å². The van der Waals surface area contributed by atoms with E-state index in [1.807, 2.05) is 28.8 Å². The molecule has 2 N–H and O–H groups in total. The van der Waals surface area contributed by atoms with E-state index in [4.69, 9.17) is 11.6 Å². The molecule has 6 heteroatoms. The van der Waals surface area contributed by atoms with Crippen molar-refractivity contribution in [3.63, 3.8) is 0 Å². The van der Waals surface area contributed by atoms with Gasteiger partial charge >= 0.3 is 0 Å². The number of aromatic hydroxyl groups is 1. The second kappa shape index (κ2) is 5.69. The van der Waals surface area contributed by atoms with Crippen molar-refractivity contribution in [2.24, 2.45) is 0 Å². The number of phenolic OH excluding ortho intramolecular Hbond substituents is 1. The first-order valence-corrected chi connectivity index (χ1v) is 7.91. The second-order valence-electron chi connectivity index (χ2n) is 5.73. The van der Waals surface area contributed by atoms with Crippen molar-refractivity contribution in [3.05, 3.63) is 71.1 Å². The van der Waals surface area contributed by atoms with Crippen LogP contribution in [0.1, 0.15) is 23.6 Å². The highest BCUT2D eigenvalue weighted by Gasteiger charge is 2.31. The number of hydrogen-bond donors (Lipinski definition) is 2. The van der Waals surface area contributed by atoms with Crippen molar-refractivity contribution in [2.75, 3.05) is 5.32 Å². The minimum absolute atomic E-state index is 0.0837. The monoisotopic (exact) mass is 339 g/mol. The minimum atomic E-state index is -0.193. The molecule has 0 bridgehead atoms. The fourth-order valence-corrected chi connectivity index (χ4v) is 3.23. The molecule has 5 nitrogen and oxygen atoms in total. The SMILES string of the molecule is O=C1C[C@H](c2cccc(O)c2)c2ncn(-c3cccc(Cl)c3)c2N1. The number of hydrogen-bond acceptors (Lipinski definition) is 3. The van der Waals surface area contributed by atoms with E-state index in [1.165, 1.54) is 0 Å². The molecule has 1 atom stereocenters. The molecule has 120 valence electrons. The number of carbonyl (C=O) groups is 1. The first-order valence-electron chi connectivity index (χ1n) is 7.54. The molecule has 2 heterocycles. The molecule has 0 saturated carbocycles. The number of amides is 1. The van der Waals surface area contributed by atoms with Crippen LogP contribution in [0.15, 0.2) is 54.9 Å². The van der Waals surface area contributed by atoms with E-state index in [0.717, 1.165) is 16.9 Å². The largest absolute Gasteiger partial charge is 0.508 e. The molecule has 0 spiro atoms. The molecule has 0 radical (unpaired) electrons. The van der Waals surface area contributed by atoms with Gasteiger partial charge < -0.3 is 10.4 Å². The Kier molecular flexibility index (Phi) is 3.50. The van der Waals surface area contributed by atoms with Crippen LogP contribution in [-0.4, -0.2) is 20.6 Å². The van der Waals surface area contributed by atoms with E-state index in [1.54, 1.807) is 30.6 Å². The standard InChI is InChI=1S/C18H14ClN3O2/c19-12-4-2-5-13(8-12)22-10-20-17-15(9-16(24)21-18(17)22)11-3-1-6-14(23)7-11/h1-8,10,15,23H,9H2,(H,21,24)/t15-/m1/s1. The summed E-state index contributed by atoms with van der Waals surface area (Å²) in [4.78, 5) is 16.7. The molecule has 0 saturated heterocycles. The first kappa shape index (κ1) is 14.8. The highest BCUT2D eigenvalue weighted by atomic mass is 35.5. The summed E-state index contributed by atoms with van der Waals surface area (Å²) in [5.41, 5.74) is 2.47. The van der Waals surface area contributed by atoms with E-state index in [-0.39, 0.29) is 17.6 Å². The first-order chi connectivity index (χ1) is 11.6. The van der Waals surface area contributed by atoms with Crippen LogP contribution in [-0.2, 0) is 4.79 Å². The molecule has 0 unspecified atom stereocenters. The van der Waals surface area contributed by atoms with Crippen LogP contribution in [0, 0.1) is 0 Å². The van der Waals surface area contributed by atoms with Crippen LogP contribution in [0.4, 0.5) is 5.82 Å². The Morgan fingerprint density at radius 1 is 1.21 bits per heavy atom. The van der Waals surface area contributed by atoms with Gasteiger partial charge in [0.05, 0.1) is 5.69 Å². The van der Waals surface area contributed by atoms with Gasteiger partial charge in [-0.3, -0.25) is 9.36 Å². The van der Waals surface area contributed by atoms with Gasteiger partial charge in [-0.05, 0) is 35.9 Å². The average molecular weight is 340 g/mol. The summed E-state index contributed by atoms with van der Waals surface area (Å²) in [6.07, 6.45) is 1.97. The van der Waals surface area contributed by atoms with E-state index in [0.29, 0.717) is 17.3 Å². The maximum absolute atomic E-state index is 12.2. The average Bonchev–Trinajstić information content (AvgIpc) is 2.97. The quantitative estimate of drug-likeness (QED) is 0.748. The smallest absolute Gasteiger partial charge is 0.226 e. The molecule has 1 aliphatic rings. The number of benzene rings is 2. The van der Waals surface area contributed by atoms with E-state index < -0.39 is 0 Å². The normalized spacial score (nSPS) is 16.5. The number of imidazole rings is 1. The van der Waals surface area contributed by atoms with Gasteiger partial charge in [0.2, 0.25) is 5.91 Å². The van der Waals surface area contributed by atoms with Crippen molar-refractivity contribution < 1.29 is 9.90 Å². The third kappa shape index (κ3) is 2.53. The summed E-state index contributed by atoms with van der Waals surface area (Å²) < 4.78 is 1.81. The minimum Gasteiger partial charge on any atom is -0.508 e. The predicted octanol–water partition coefficient (Wildman–Crippen LogP) is 3.71. The Labute approximate surface area is 143 Å². The lowest BCUT2D eigenvalue weighted by molar-refractivity contribution is -0.116. The van der Waals surface area contributed by atoms with Gasteiger partial charge in [-0.2, -0.15) is 0 Å². The third-order valence-corrected chi connectivity index (χ3v) is 4.37. The zero-order valence-corrected chi connectivity index (χ0v) is 13.4. The Bertz CT molecular complexity index is 936. The topological polar surface area (TPSA) is 67.1 Å². The van der Waals surface area contributed by atoms with E-state index in [9.17, 15) is 9.90 Å². The summed E-state index contributed by atoms with van der Waals surface area (Å²) in [5, 5.41) is 13.2. The molecular weight excluding hydrogens is 326 g/mol. The van der Waals surface area contributed by atoms with Gasteiger partial charge in [0.15, 0.2) is 0 Å². The second-order valence-corrected chi connectivity index (χ2v) is 6.16. The maximum Gasteiger partial charge on any atom is 0.226 e. The lowest BCUT2D eigenvalue weighted by Gasteiger charge is -2.23. The molecule has 4 rings (SSSR count). The summed E-state index contributed by atoms with van der Waals surface area (Å²) >= 11 is 6.07. The van der Waals surface area contributed by atoms with Crippen LogP contribution in [0.3, 0.4) is 0 Å². The number of halogens is 1. The van der Waals surface area contributed by atoms with Crippen molar-refractivity contribution >= 4 is 23.3 Å². The van der Waals surface area contributed by atoms with Gasteiger partial charge in [-0.25, -0.2) is 4.98 Å². The molecule has 2 aromatic carbocycles. The van der Waals surface area contributed by atoms with Crippen molar-refractivity contribution in [1.82, 2.24) is 9.55 Å². The lowest BCUT2D eigenvalue weighted by atomic mass is 9.90. The molecule has 0 fully saturated rings. The van der Waals surface area contributed by atoms with E-state index in [2.05, 4.69) is 10.3 Å². The summed E-state index contributed by atoms with van der Waals surface area (Å²) in [6, 6.07) is 14.3. The molecule has 0 aliphatic carbocycles. The van der Waals surface area contributed by atoms with Crippen LogP contribution in [0.25, 0.3) is 5.69 Å². The lowest BCUT2D eigenvalue weighted by Crippen LogP contribution is -2.24. The molecule has 3 aromatic rings. The Hall–Kier alpha value is -2.79. The molecular formula is C18H14ClN3O2. The Morgan fingerprint density at radius 3 is 2.83 bits per heavy atom. The maximum atomic E-state index is 12.2. The Balaban J connectivity index is 1.83. The van der Waals surface area contributed by atoms with Crippen molar-refractivity contribution in [1.29, 1.82) is 0 Å². The van der Waals surface area contributed by atoms with Crippen LogP contribution in [0.2, 0.25) is 5.02 Å². The van der Waals surface area contributed by atoms with Gasteiger partial charge in [0, 0.05) is 23.0 Å².